The van der Waals surface area contributed by atoms with Crippen LogP contribution in [0.2, 0.25) is 5.02 Å². The predicted molar refractivity (Wildman–Crippen MR) is 126 cm³/mol. The number of carbonyl (C=O) groups excluding carboxylic acids is 2. The summed E-state index contributed by atoms with van der Waals surface area (Å²) >= 11 is 6.13. The van der Waals surface area contributed by atoms with Crippen molar-refractivity contribution in [3.05, 3.63) is 82.0 Å². The number of rotatable bonds is 6. The largest absolute Gasteiger partial charge is 0.340 e. The third-order valence-corrected chi connectivity index (χ3v) is 5.44. The molecule has 1 unspecified atom stereocenters. The predicted octanol–water partition coefficient (Wildman–Crippen LogP) is 3.16. The van der Waals surface area contributed by atoms with Crippen LogP contribution in [-0.4, -0.2) is 37.6 Å². The Balaban J connectivity index is 1.62. The van der Waals surface area contributed by atoms with Crippen LogP contribution in [0.5, 0.6) is 0 Å². The van der Waals surface area contributed by atoms with Crippen molar-refractivity contribution in [3.63, 3.8) is 0 Å². The normalized spacial score (nSPS) is 12.0. The van der Waals surface area contributed by atoms with Gasteiger partial charge in [-0.3, -0.25) is 14.4 Å². The quantitative estimate of drug-likeness (QED) is 0.404. The first kappa shape index (κ1) is 22.2. The zero-order valence-corrected chi connectivity index (χ0v) is 18.6. The Morgan fingerprint density at radius 2 is 1.82 bits per heavy atom. The number of halogens is 1. The SMILES string of the molecule is CC(C)C(NC(=O)c1ccccc1Cl)C(=O)Nc1ccccc1-n1ncc2c(=O)[nH]cnc21. The Bertz CT molecular complexity index is 1390. The van der Waals surface area contributed by atoms with E-state index in [-0.39, 0.29) is 17.0 Å². The number of hydrogen-bond donors (Lipinski definition) is 3. The van der Waals surface area contributed by atoms with Gasteiger partial charge in [-0.25, -0.2) is 9.67 Å². The molecule has 33 heavy (non-hydrogen) atoms. The van der Waals surface area contributed by atoms with Gasteiger partial charge in [0.1, 0.15) is 11.4 Å². The fourth-order valence-corrected chi connectivity index (χ4v) is 3.63. The summed E-state index contributed by atoms with van der Waals surface area (Å²) < 4.78 is 1.48. The third kappa shape index (κ3) is 4.49. The monoisotopic (exact) mass is 464 g/mol. The molecule has 2 aromatic heterocycles. The number of aromatic nitrogens is 4. The summed E-state index contributed by atoms with van der Waals surface area (Å²) in [5, 5.41) is 10.5. The van der Waals surface area contributed by atoms with E-state index in [1.165, 1.54) is 17.2 Å². The van der Waals surface area contributed by atoms with Crippen LogP contribution in [0, 0.1) is 5.92 Å². The van der Waals surface area contributed by atoms with E-state index in [1.807, 2.05) is 13.8 Å². The molecule has 0 fully saturated rings. The van der Waals surface area contributed by atoms with E-state index in [4.69, 9.17) is 11.6 Å². The Kier molecular flexibility index (Phi) is 6.23. The van der Waals surface area contributed by atoms with Crippen LogP contribution >= 0.6 is 11.6 Å². The van der Waals surface area contributed by atoms with Gasteiger partial charge in [0.05, 0.1) is 34.5 Å². The smallest absolute Gasteiger partial charge is 0.261 e. The van der Waals surface area contributed by atoms with Crippen molar-refractivity contribution in [2.75, 3.05) is 5.32 Å². The number of hydrogen-bond acceptors (Lipinski definition) is 5. The highest BCUT2D eigenvalue weighted by Crippen LogP contribution is 2.23. The summed E-state index contributed by atoms with van der Waals surface area (Å²) in [6.07, 6.45) is 2.71. The fraction of sp³-hybridized carbons (Fsp3) is 0.174. The molecule has 2 amide bonds. The lowest BCUT2D eigenvalue weighted by molar-refractivity contribution is -0.118. The fourth-order valence-electron chi connectivity index (χ4n) is 3.41. The molecule has 0 radical (unpaired) electrons. The lowest BCUT2D eigenvalue weighted by atomic mass is 10.0. The van der Waals surface area contributed by atoms with Gasteiger partial charge >= 0.3 is 0 Å². The lowest BCUT2D eigenvalue weighted by Crippen LogP contribution is -2.47. The van der Waals surface area contributed by atoms with Crippen molar-refractivity contribution < 1.29 is 9.59 Å². The molecule has 1 atom stereocenters. The molecule has 4 aromatic rings. The first-order valence-corrected chi connectivity index (χ1v) is 10.6. The number of H-pyrrole nitrogens is 1. The van der Waals surface area contributed by atoms with Crippen LogP contribution in [0.15, 0.2) is 65.8 Å². The zero-order chi connectivity index (χ0) is 23.5. The highest BCUT2D eigenvalue weighted by atomic mass is 35.5. The van der Waals surface area contributed by atoms with E-state index in [1.54, 1.807) is 48.5 Å². The van der Waals surface area contributed by atoms with Crippen LogP contribution in [0.1, 0.15) is 24.2 Å². The van der Waals surface area contributed by atoms with Crippen LogP contribution in [0.4, 0.5) is 5.69 Å². The maximum atomic E-state index is 13.2. The summed E-state index contributed by atoms with van der Waals surface area (Å²) in [5.41, 5.74) is 1.31. The zero-order valence-electron chi connectivity index (χ0n) is 17.9. The average molecular weight is 465 g/mol. The minimum atomic E-state index is -0.822. The second-order valence-electron chi connectivity index (χ2n) is 7.71. The molecule has 2 aromatic carbocycles. The highest BCUT2D eigenvalue weighted by Gasteiger charge is 2.26. The number of benzene rings is 2. The molecule has 10 heteroatoms. The number of para-hydroxylation sites is 2. The topological polar surface area (TPSA) is 122 Å². The number of nitrogens with one attached hydrogen (secondary N) is 3. The maximum Gasteiger partial charge on any atom is 0.261 e. The Hall–Kier alpha value is -3.98. The van der Waals surface area contributed by atoms with Gasteiger partial charge in [-0.2, -0.15) is 5.10 Å². The van der Waals surface area contributed by atoms with Crippen molar-refractivity contribution in [2.24, 2.45) is 5.92 Å². The number of amides is 2. The molecule has 0 spiro atoms. The van der Waals surface area contributed by atoms with Gasteiger partial charge in [0.2, 0.25) is 5.91 Å². The van der Waals surface area contributed by atoms with E-state index in [9.17, 15) is 14.4 Å². The molecular weight excluding hydrogens is 444 g/mol. The summed E-state index contributed by atoms with van der Waals surface area (Å²) in [4.78, 5) is 44.7. The molecule has 3 N–H and O–H groups in total. The van der Waals surface area contributed by atoms with Crippen LogP contribution in [0.25, 0.3) is 16.7 Å². The maximum absolute atomic E-state index is 13.2. The van der Waals surface area contributed by atoms with Crippen LogP contribution in [-0.2, 0) is 4.79 Å². The van der Waals surface area contributed by atoms with Crippen LogP contribution in [0.3, 0.4) is 0 Å². The van der Waals surface area contributed by atoms with Crippen molar-refractivity contribution in [1.82, 2.24) is 25.1 Å². The van der Waals surface area contributed by atoms with Crippen molar-refractivity contribution in [3.8, 4) is 5.69 Å². The van der Waals surface area contributed by atoms with E-state index in [0.29, 0.717) is 27.4 Å². The van der Waals surface area contributed by atoms with Gasteiger partial charge in [-0.1, -0.05) is 49.7 Å². The van der Waals surface area contributed by atoms with Gasteiger partial charge in [0.25, 0.3) is 11.5 Å². The number of carbonyl (C=O) groups is 2. The van der Waals surface area contributed by atoms with Crippen LogP contribution < -0.4 is 16.2 Å². The number of anilines is 1. The minimum Gasteiger partial charge on any atom is -0.340 e. The molecule has 0 aliphatic carbocycles. The molecule has 2 heterocycles. The number of fused-ring (bicyclic) bond motifs is 1. The molecule has 0 aliphatic heterocycles. The van der Waals surface area contributed by atoms with E-state index >= 15 is 0 Å². The molecule has 9 nitrogen and oxygen atoms in total. The summed E-state index contributed by atoms with van der Waals surface area (Å²) in [6, 6.07) is 12.8. The van der Waals surface area contributed by atoms with Crippen molar-refractivity contribution in [2.45, 2.75) is 19.9 Å². The first-order chi connectivity index (χ1) is 15.9. The highest BCUT2D eigenvalue weighted by molar-refractivity contribution is 6.33. The van der Waals surface area contributed by atoms with E-state index in [2.05, 4.69) is 25.7 Å². The second kappa shape index (κ2) is 9.25. The number of nitrogens with zero attached hydrogens (tertiary/aromatic N) is 3. The van der Waals surface area contributed by atoms with E-state index in [0.717, 1.165) is 0 Å². The Labute approximate surface area is 193 Å². The summed E-state index contributed by atoms with van der Waals surface area (Å²) in [5.74, 6) is -1.04. The second-order valence-corrected chi connectivity index (χ2v) is 8.11. The standard InChI is InChI=1S/C23H21ClN6O3/c1-13(2)19(29-22(32)14-7-3-4-8-16(14)24)23(33)28-17-9-5-6-10-18(17)30-20-15(11-27-30)21(31)26-12-25-20/h3-13,19H,1-2H3,(H,28,33)(H,29,32)(H,25,26,31). The van der Waals surface area contributed by atoms with Gasteiger partial charge < -0.3 is 15.6 Å². The van der Waals surface area contributed by atoms with Gasteiger partial charge in [-0.15, -0.1) is 0 Å². The molecule has 0 aliphatic rings. The lowest BCUT2D eigenvalue weighted by Gasteiger charge is -2.22. The minimum absolute atomic E-state index is 0.200. The van der Waals surface area contributed by atoms with Gasteiger partial charge in [0, 0.05) is 0 Å². The molecule has 4 rings (SSSR count). The number of aromatic amines is 1. The van der Waals surface area contributed by atoms with Gasteiger partial charge in [0.15, 0.2) is 5.65 Å². The molecule has 0 saturated heterocycles. The molecular formula is C23H21ClN6O3. The summed E-state index contributed by atoms with van der Waals surface area (Å²) in [7, 11) is 0. The van der Waals surface area contributed by atoms with E-state index < -0.39 is 17.9 Å². The molecule has 0 bridgehead atoms. The summed E-state index contributed by atoms with van der Waals surface area (Å²) in [6.45, 7) is 3.67. The van der Waals surface area contributed by atoms with Gasteiger partial charge in [-0.05, 0) is 30.2 Å². The Morgan fingerprint density at radius 3 is 2.58 bits per heavy atom. The van der Waals surface area contributed by atoms with Crippen molar-refractivity contribution >= 4 is 40.1 Å². The average Bonchev–Trinajstić information content (AvgIpc) is 3.23. The molecule has 168 valence electrons. The Morgan fingerprint density at radius 1 is 1.09 bits per heavy atom. The first-order valence-electron chi connectivity index (χ1n) is 10.2. The van der Waals surface area contributed by atoms with Crippen molar-refractivity contribution in [1.29, 1.82) is 0 Å². The third-order valence-electron chi connectivity index (χ3n) is 5.12. The molecule has 0 saturated carbocycles.